The summed E-state index contributed by atoms with van der Waals surface area (Å²) in [4.78, 5) is 11.0. The molecule has 4 aromatic heterocycles. The van der Waals surface area contributed by atoms with Crippen LogP contribution < -0.4 is 0 Å². The largest absolute Gasteiger partial charge is 0.309 e. The topological polar surface area (TPSA) is 40.6 Å². The van der Waals surface area contributed by atoms with E-state index in [0.717, 1.165) is 66.3 Å². The van der Waals surface area contributed by atoms with Gasteiger partial charge in [0.25, 0.3) is 0 Å². The predicted molar refractivity (Wildman–Crippen MR) is 308 cm³/mol. The van der Waals surface area contributed by atoms with E-state index in [4.69, 9.17) is 9.97 Å². The zero-order valence-corrected chi connectivity index (χ0v) is 40.8. The minimum atomic E-state index is -0.0598. The number of aromatic nitrogens is 5. The third kappa shape index (κ3) is 5.69. The van der Waals surface area contributed by atoms with Crippen molar-refractivity contribution < 1.29 is 0 Å². The minimum Gasteiger partial charge on any atom is -0.309 e. The summed E-state index contributed by atoms with van der Waals surface area (Å²) in [6, 6.07) is 86.5. The molecule has 0 amide bonds. The Morgan fingerprint density at radius 1 is 0.297 bits per heavy atom. The zero-order chi connectivity index (χ0) is 48.8. The summed E-state index contributed by atoms with van der Waals surface area (Å²) in [5.41, 5.74) is 18.3. The van der Waals surface area contributed by atoms with E-state index in [-0.39, 0.29) is 5.41 Å². The number of hydrogen-bond donors (Lipinski definition) is 0. The Kier molecular flexibility index (Phi) is 8.45. The highest BCUT2D eigenvalue weighted by atomic mass is 15.2. The molecule has 11 aromatic carbocycles. The number of nitrogens with zero attached hydrogens (tertiary/aromatic N) is 5. The lowest BCUT2D eigenvalue weighted by molar-refractivity contribution is 0.660. The Balaban J connectivity index is 0.918. The van der Waals surface area contributed by atoms with Crippen LogP contribution in [-0.4, -0.2) is 23.7 Å². The van der Waals surface area contributed by atoms with Gasteiger partial charge in [-0.1, -0.05) is 184 Å². The van der Waals surface area contributed by atoms with Crippen LogP contribution >= 0.6 is 0 Å². The van der Waals surface area contributed by atoms with E-state index in [1.807, 2.05) is 0 Å². The Bertz CT molecular complexity index is 4780. The molecular formula is C69H45N5. The maximum absolute atomic E-state index is 5.51. The summed E-state index contributed by atoms with van der Waals surface area (Å²) < 4.78 is 7.21. The lowest BCUT2D eigenvalue weighted by Gasteiger charge is -2.21. The summed E-state index contributed by atoms with van der Waals surface area (Å²) in [6.45, 7) is 4.70. The van der Waals surface area contributed by atoms with Crippen LogP contribution in [0.2, 0.25) is 0 Å². The maximum atomic E-state index is 5.51. The molecule has 1 aliphatic carbocycles. The first-order valence-electron chi connectivity index (χ1n) is 25.6. The normalized spacial score (nSPS) is 13.1. The number of hydrogen-bond acceptors (Lipinski definition) is 2. The summed E-state index contributed by atoms with van der Waals surface area (Å²) >= 11 is 0. The number of fused-ring (bicyclic) bond motifs is 15. The molecule has 0 N–H and O–H groups in total. The van der Waals surface area contributed by atoms with Gasteiger partial charge in [-0.15, -0.1) is 0 Å². The molecule has 4 heterocycles. The van der Waals surface area contributed by atoms with Gasteiger partial charge in [-0.3, -0.25) is 4.57 Å². The van der Waals surface area contributed by atoms with Crippen molar-refractivity contribution in [1.82, 2.24) is 23.7 Å². The van der Waals surface area contributed by atoms with Crippen molar-refractivity contribution in [3.8, 4) is 51.0 Å². The molecule has 0 spiro atoms. The van der Waals surface area contributed by atoms with E-state index in [0.29, 0.717) is 5.95 Å². The van der Waals surface area contributed by atoms with Gasteiger partial charge in [-0.05, 0) is 111 Å². The highest BCUT2D eigenvalue weighted by Gasteiger charge is 2.35. The van der Waals surface area contributed by atoms with Crippen LogP contribution in [0, 0.1) is 0 Å². The van der Waals surface area contributed by atoms with Gasteiger partial charge in [-0.25, -0.2) is 9.97 Å². The van der Waals surface area contributed by atoms with E-state index in [2.05, 4.69) is 264 Å². The van der Waals surface area contributed by atoms with Crippen LogP contribution in [0.15, 0.2) is 237 Å². The molecule has 74 heavy (non-hydrogen) atoms. The van der Waals surface area contributed by atoms with Crippen molar-refractivity contribution in [1.29, 1.82) is 0 Å². The summed E-state index contributed by atoms with van der Waals surface area (Å²) in [5, 5.41) is 11.9. The van der Waals surface area contributed by atoms with Gasteiger partial charge >= 0.3 is 0 Å². The van der Waals surface area contributed by atoms with Gasteiger partial charge < -0.3 is 9.13 Å². The number of benzene rings is 11. The second kappa shape index (κ2) is 15.2. The van der Waals surface area contributed by atoms with E-state index >= 15 is 0 Å². The van der Waals surface area contributed by atoms with Crippen LogP contribution in [-0.2, 0) is 5.41 Å². The fourth-order valence-electron chi connectivity index (χ4n) is 12.9. The summed E-state index contributed by atoms with van der Waals surface area (Å²) in [6.07, 6.45) is 0. The van der Waals surface area contributed by atoms with E-state index in [1.165, 1.54) is 76.8 Å². The molecule has 346 valence electrons. The van der Waals surface area contributed by atoms with Gasteiger partial charge in [0.05, 0.1) is 44.5 Å². The molecule has 0 atom stereocenters. The maximum Gasteiger partial charge on any atom is 0.235 e. The van der Waals surface area contributed by atoms with Crippen LogP contribution in [0.25, 0.3) is 138 Å². The lowest BCUT2D eigenvalue weighted by atomic mass is 9.82. The molecule has 0 fully saturated rings. The molecular weight excluding hydrogens is 899 g/mol. The molecule has 0 unspecified atom stereocenters. The van der Waals surface area contributed by atoms with Gasteiger partial charge in [0.2, 0.25) is 5.95 Å². The Morgan fingerprint density at radius 3 is 1.35 bits per heavy atom. The summed E-state index contributed by atoms with van der Waals surface area (Å²) in [5.74, 6) is 0.629. The highest BCUT2D eigenvalue weighted by molar-refractivity contribution is 6.29. The first-order valence-corrected chi connectivity index (χ1v) is 25.6. The monoisotopic (exact) mass is 943 g/mol. The standard InChI is InChI=1S/C69H45N5/c1-69(2)56-29-11-7-23-48(56)54-39-44(33-35-57(54)69)72-61-31-13-9-25-52(61)66-64(72)37-38-65-67(66)53-26-10-14-32-62(53)73(65)45-34-36-63-55(40-45)51-24-8-12-30-60(51)74(63)68-70-58(49-27-15-19-42-17-3-5-21-46(42)49)41-59(71-68)50-28-16-20-43-18-4-6-22-47(43)50/h3-41H,1-2H3. The minimum absolute atomic E-state index is 0.0598. The van der Waals surface area contributed by atoms with E-state index in [9.17, 15) is 0 Å². The molecule has 5 heteroatoms. The highest BCUT2D eigenvalue weighted by Crippen LogP contribution is 2.50. The van der Waals surface area contributed by atoms with Gasteiger partial charge in [0, 0.05) is 60.2 Å². The second-order valence-electron chi connectivity index (χ2n) is 20.5. The van der Waals surface area contributed by atoms with E-state index in [1.54, 1.807) is 0 Å². The number of rotatable bonds is 5. The first-order chi connectivity index (χ1) is 36.5. The molecule has 0 aliphatic heterocycles. The average molecular weight is 944 g/mol. The fraction of sp³-hybridized carbons (Fsp3) is 0.0435. The zero-order valence-electron chi connectivity index (χ0n) is 40.8. The predicted octanol–water partition coefficient (Wildman–Crippen LogP) is 17.7. The van der Waals surface area contributed by atoms with Crippen molar-refractivity contribution in [3.63, 3.8) is 0 Å². The van der Waals surface area contributed by atoms with Crippen molar-refractivity contribution in [2.45, 2.75) is 19.3 Å². The van der Waals surface area contributed by atoms with Gasteiger partial charge in [0.15, 0.2) is 0 Å². The third-order valence-electron chi connectivity index (χ3n) is 16.3. The van der Waals surface area contributed by atoms with Crippen LogP contribution in [0.4, 0.5) is 0 Å². The van der Waals surface area contributed by atoms with Crippen LogP contribution in [0.1, 0.15) is 25.0 Å². The van der Waals surface area contributed by atoms with Crippen molar-refractivity contribution in [2.24, 2.45) is 0 Å². The summed E-state index contributed by atoms with van der Waals surface area (Å²) in [7, 11) is 0. The molecule has 16 rings (SSSR count). The van der Waals surface area contributed by atoms with Gasteiger partial charge in [-0.2, -0.15) is 0 Å². The SMILES string of the molecule is CC1(C)c2ccccc2-c2cc(-n3c4ccccc4c4c5c6ccccc6n(-c6ccc7c(c6)c6ccccc6n7-c6nc(-c7cccc8ccccc78)cc(-c7cccc8ccccc78)n6)c5ccc43)ccc21. The Morgan fingerprint density at radius 2 is 0.730 bits per heavy atom. The molecule has 0 saturated carbocycles. The van der Waals surface area contributed by atoms with E-state index < -0.39 is 0 Å². The van der Waals surface area contributed by atoms with Gasteiger partial charge in [0.1, 0.15) is 0 Å². The van der Waals surface area contributed by atoms with Crippen molar-refractivity contribution in [3.05, 3.63) is 248 Å². The second-order valence-corrected chi connectivity index (χ2v) is 20.5. The molecule has 1 aliphatic rings. The van der Waals surface area contributed by atoms with Crippen LogP contribution in [0.3, 0.4) is 0 Å². The number of para-hydroxylation sites is 3. The molecule has 15 aromatic rings. The molecule has 0 radical (unpaired) electrons. The lowest BCUT2D eigenvalue weighted by Crippen LogP contribution is -2.14. The first kappa shape index (κ1) is 41.1. The molecule has 0 bridgehead atoms. The molecule has 5 nitrogen and oxygen atoms in total. The Hall–Kier alpha value is -9.58. The smallest absolute Gasteiger partial charge is 0.235 e. The van der Waals surface area contributed by atoms with Crippen LogP contribution in [0.5, 0.6) is 0 Å². The average Bonchev–Trinajstić information content (AvgIpc) is 4.16. The fourth-order valence-corrected chi connectivity index (χ4v) is 12.9. The van der Waals surface area contributed by atoms with Crippen molar-refractivity contribution >= 4 is 87.0 Å². The quantitative estimate of drug-likeness (QED) is 0.172. The van der Waals surface area contributed by atoms with Crippen molar-refractivity contribution in [2.75, 3.05) is 0 Å². The Labute approximate surface area is 426 Å². The third-order valence-corrected chi connectivity index (χ3v) is 16.3. The molecule has 0 saturated heterocycles.